The Morgan fingerprint density at radius 3 is 2.43 bits per heavy atom. The molecule has 3 aromatic rings. The molecule has 0 spiro atoms. The Hall–Kier alpha value is -3.73. The van der Waals surface area contributed by atoms with Crippen molar-refractivity contribution in [1.82, 2.24) is 10.8 Å². The minimum atomic E-state index is -3.40. The topological polar surface area (TPSA) is 145 Å². The van der Waals surface area contributed by atoms with Gasteiger partial charge in [0, 0.05) is 18.5 Å². The molecular formula is C27H29N3O6S. The smallest absolute Gasteiger partial charge is 0.244 e. The van der Waals surface area contributed by atoms with Crippen molar-refractivity contribution in [3.8, 4) is 11.1 Å². The van der Waals surface area contributed by atoms with Gasteiger partial charge in [-0.15, -0.1) is 0 Å². The SMILES string of the molecule is CS(=O)(=O)Nc1cccc(-c2ccc(C[C@H](CC(=O)NO)C(=O)N[C@H]3c4ccccc4C[C@H]3O)cc2)c1. The van der Waals surface area contributed by atoms with Gasteiger partial charge in [0.25, 0.3) is 0 Å². The fourth-order valence-electron chi connectivity index (χ4n) is 4.64. The fraction of sp³-hybridized carbons (Fsp3) is 0.259. The first-order valence-corrected chi connectivity index (χ1v) is 13.7. The van der Waals surface area contributed by atoms with E-state index in [1.165, 1.54) is 0 Å². The Balaban J connectivity index is 1.49. The second-order valence-corrected chi connectivity index (χ2v) is 11.0. The van der Waals surface area contributed by atoms with Gasteiger partial charge in [0.2, 0.25) is 21.8 Å². The number of carbonyl (C=O) groups excluding carboxylic acids is 2. The third kappa shape index (κ3) is 6.73. The number of hydroxylamine groups is 1. The van der Waals surface area contributed by atoms with Gasteiger partial charge in [-0.2, -0.15) is 0 Å². The molecule has 0 saturated heterocycles. The second-order valence-electron chi connectivity index (χ2n) is 9.25. The maximum Gasteiger partial charge on any atom is 0.244 e. The van der Waals surface area contributed by atoms with Crippen molar-refractivity contribution in [2.75, 3.05) is 11.0 Å². The summed E-state index contributed by atoms with van der Waals surface area (Å²) in [6.45, 7) is 0. The van der Waals surface area contributed by atoms with E-state index in [2.05, 4.69) is 10.0 Å². The zero-order chi connectivity index (χ0) is 26.6. The molecule has 0 aromatic heterocycles. The van der Waals surface area contributed by atoms with Crippen molar-refractivity contribution < 1.29 is 28.3 Å². The first-order chi connectivity index (χ1) is 17.6. The predicted octanol–water partition coefficient (Wildman–Crippen LogP) is 2.55. The lowest BCUT2D eigenvalue weighted by molar-refractivity contribution is -0.135. The molecule has 4 rings (SSSR count). The van der Waals surface area contributed by atoms with Crippen LogP contribution in [0.2, 0.25) is 0 Å². The summed E-state index contributed by atoms with van der Waals surface area (Å²) in [6, 6.07) is 21.3. The Labute approximate surface area is 215 Å². The van der Waals surface area contributed by atoms with Crippen LogP contribution in [0.5, 0.6) is 0 Å². The Kier molecular flexibility index (Phi) is 7.91. The summed E-state index contributed by atoms with van der Waals surface area (Å²) in [5.41, 5.74) is 6.32. The van der Waals surface area contributed by atoms with Crippen molar-refractivity contribution in [2.24, 2.45) is 5.92 Å². The lowest BCUT2D eigenvalue weighted by Crippen LogP contribution is -2.40. The monoisotopic (exact) mass is 523 g/mol. The molecule has 37 heavy (non-hydrogen) atoms. The minimum Gasteiger partial charge on any atom is -0.390 e. The molecule has 9 nitrogen and oxygen atoms in total. The van der Waals surface area contributed by atoms with Crippen molar-refractivity contribution in [3.05, 3.63) is 89.5 Å². The molecule has 2 amide bonds. The van der Waals surface area contributed by atoms with E-state index in [9.17, 15) is 23.1 Å². The van der Waals surface area contributed by atoms with Crippen LogP contribution in [0, 0.1) is 5.92 Å². The predicted molar refractivity (Wildman–Crippen MR) is 139 cm³/mol. The third-order valence-electron chi connectivity index (χ3n) is 6.36. The average Bonchev–Trinajstić information content (AvgIpc) is 3.17. The second kappa shape index (κ2) is 11.1. The summed E-state index contributed by atoms with van der Waals surface area (Å²) < 4.78 is 25.5. The van der Waals surface area contributed by atoms with E-state index >= 15 is 0 Å². The van der Waals surface area contributed by atoms with Gasteiger partial charge >= 0.3 is 0 Å². The fourth-order valence-corrected chi connectivity index (χ4v) is 5.20. The third-order valence-corrected chi connectivity index (χ3v) is 6.97. The van der Waals surface area contributed by atoms with E-state index < -0.39 is 39.9 Å². The highest BCUT2D eigenvalue weighted by atomic mass is 32.2. The van der Waals surface area contributed by atoms with Crippen LogP contribution in [0.3, 0.4) is 0 Å². The summed E-state index contributed by atoms with van der Waals surface area (Å²) in [7, 11) is -3.40. The Morgan fingerprint density at radius 2 is 1.73 bits per heavy atom. The molecule has 0 bridgehead atoms. The molecule has 1 aliphatic rings. The molecule has 3 atom stereocenters. The molecule has 5 N–H and O–H groups in total. The number of benzene rings is 3. The largest absolute Gasteiger partial charge is 0.390 e. The summed E-state index contributed by atoms with van der Waals surface area (Å²) in [5, 5.41) is 22.4. The molecular weight excluding hydrogens is 494 g/mol. The highest BCUT2D eigenvalue weighted by Gasteiger charge is 2.34. The molecule has 0 saturated carbocycles. The van der Waals surface area contributed by atoms with E-state index in [1.807, 2.05) is 54.6 Å². The van der Waals surface area contributed by atoms with Gasteiger partial charge in [0.15, 0.2) is 0 Å². The van der Waals surface area contributed by atoms with Gasteiger partial charge in [-0.1, -0.05) is 60.7 Å². The zero-order valence-electron chi connectivity index (χ0n) is 20.2. The highest BCUT2D eigenvalue weighted by Crippen LogP contribution is 2.32. The van der Waals surface area contributed by atoms with Crippen LogP contribution in [0.15, 0.2) is 72.8 Å². The van der Waals surface area contributed by atoms with Gasteiger partial charge in [-0.25, -0.2) is 13.9 Å². The summed E-state index contributed by atoms with van der Waals surface area (Å²) in [6.07, 6.45) is 0.768. The number of rotatable bonds is 9. The van der Waals surface area contributed by atoms with E-state index in [0.717, 1.165) is 34.1 Å². The van der Waals surface area contributed by atoms with Crippen molar-refractivity contribution in [3.63, 3.8) is 0 Å². The average molecular weight is 524 g/mol. The lowest BCUT2D eigenvalue weighted by Gasteiger charge is -2.22. The van der Waals surface area contributed by atoms with Crippen LogP contribution in [0.4, 0.5) is 5.69 Å². The van der Waals surface area contributed by atoms with E-state index in [4.69, 9.17) is 5.21 Å². The summed E-state index contributed by atoms with van der Waals surface area (Å²) in [5.74, 6) is -1.85. The lowest BCUT2D eigenvalue weighted by atomic mass is 9.93. The molecule has 0 fully saturated rings. The first-order valence-electron chi connectivity index (χ1n) is 11.8. The molecule has 0 unspecified atom stereocenters. The number of aliphatic hydroxyl groups excluding tert-OH is 1. The number of hydrogen-bond donors (Lipinski definition) is 5. The Bertz CT molecular complexity index is 1390. The van der Waals surface area contributed by atoms with Gasteiger partial charge in [0.1, 0.15) is 0 Å². The van der Waals surface area contributed by atoms with Crippen LogP contribution in [0.1, 0.15) is 29.2 Å². The number of hydrogen-bond acceptors (Lipinski definition) is 6. The first kappa shape index (κ1) is 26.3. The maximum absolute atomic E-state index is 13.2. The van der Waals surface area contributed by atoms with Crippen molar-refractivity contribution >= 4 is 27.5 Å². The highest BCUT2D eigenvalue weighted by molar-refractivity contribution is 7.92. The van der Waals surface area contributed by atoms with E-state index in [1.54, 1.807) is 23.7 Å². The van der Waals surface area contributed by atoms with Crippen LogP contribution in [-0.4, -0.2) is 42.9 Å². The molecule has 194 valence electrons. The maximum atomic E-state index is 13.2. The van der Waals surface area contributed by atoms with Gasteiger partial charge < -0.3 is 10.4 Å². The quantitative estimate of drug-likeness (QED) is 0.215. The van der Waals surface area contributed by atoms with Crippen LogP contribution in [0.25, 0.3) is 11.1 Å². The van der Waals surface area contributed by atoms with E-state index in [-0.39, 0.29) is 12.8 Å². The molecule has 1 aliphatic carbocycles. The van der Waals surface area contributed by atoms with E-state index in [0.29, 0.717) is 12.1 Å². The number of sulfonamides is 1. The summed E-state index contributed by atoms with van der Waals surface area (Å²) in [4.78, 5) is 25.2. The van der Waals surface area contributed by atoms with Gasteiger partial charge in [0.05, 0.1) is 24.3 Å². The molecule has 3 aromatic carbocycles. The number of amides is 2. The number of carbonyl (C=O) groups is 2. The van der Waals surface area contributed by atoms with Crippen LogP contribution in [-0.2, 0) is 32.5 Å². The standard InChI is InChI=1S/C27H29N3O6S/c1-37(35,36)30-22-7-4-6-19(14-22)18-11-9-17(10-12-18)13-21(16-25(32)29-34)27(33)28-26-23-8-3-2-5-20(23)15-24(26)31/h2-12,14,21,24,26,30-31,34H,13,15-16H2,1H3,(H,28,33)(H,29,32)/t21-,24-,26+/m1/s1. The molecule has 10 heteroatoms. The molecule has 0 aliphatic heterocycles. The summed E-state index contributed by atoms with van der Waals surface area (Å²) >= 11 is 0. The van der Waals surface area contributed by atoms with Crippen molar-refractivity contribution in [2.45, 2.75) is 31.4 Å². The zero-order valence-corrected chi connectivity index (χ0v) is 21.0. The van der Waals surface area contributed by atoms with Crippen LogP contribution >= 0.6 is 0 Å². The van der Waals surface area contributed by atoms with Crippen molar-refractivity contribution in [1.29, 1.82) is 0 Å². The number of aliphatic hydroxyl groups is 1. The molecule has 0 heterocycles. The van der Waals surface area contributed by atoms with Gasteiger partial charge in [-0.05, 0) is 46.4 Å². The van der Waals surface area contributed by atoms with Crippen LogP contribution < -0.4 is 15.5 Å². The normalized spacial score (nSPS) is 17.5. The number of anilines is 1. The molecule has 0 radical (unpaired) electrons. The minimum absolute atomic E-state index is 0.228. The number of fused-ring (bicyclic) bond motifs is 1. The number of nitrogens with one attached hydrogen (secondary N) is 3. The van der Waals surface area contributed by atoms with Gasteiger partial charge in [-0.3, -0.25) is 19.5 Å². The Morgan fingerprint density at radius 1 is 1.00 bits per heavy atom.